The molecule has 4 rings (SSSR count). The minimum atomic E-state index is -0.299. The quantitative estimate of drug-likeness (QED) is 0.300. The van der Waals surface area contributed by atoms with Crippen molar-refractivity contribution in [1.29, 1.82) is 10.8 Å². The summed E-state index contributed by atoms with van der Waals surface area (Å²) in [5, 5.41) is 19.3. The van der Waals surface area contributed by atoms with Crippen LogP contribution >= 0.6 is 0 Å². The fourth-order valence-corrected chi connectivity index (χ4v) is 5.03. The van der Waals surface area contributed by atoms with Crippen molar-refractivity contribution >= 4 is 23.6 Å². The number of piperidine rings is 1. The van der Waals surface area contributed by atoms with Crippen molar-refractivity contribution in [1.82, 2.24) is 25.0 Å². The highest BCUT2D eigenvalue weighted by molar-refractivity contribution is 6.07. The van der Waals surface area contributed by atoms with Gasteiger partial charge in [0, 0.05) is 51.0 Å². The zero-order valence-electron chi connectivity index (χ0n) is 22.8. The third-order valence-corrected chi connectivity index (χ3v) is 7.39. The smallest absolute Gasteiger partial charge is 0.320 e. The highest BCUT2D eigenvalue weighted by Gasteiger charge is 2.27. The molecule has 0 spiro atoms. The maximum absolute atomic E-state index is 13.1. The molecule has 3 N–H and O–H groups in total. The first-order valence-corrected chi connectivity index (χ1v) is 13.5. The van der Waals surface area contributed by atoms with Gasteiger partial charge >= 0.3 is 6.03 Å². The van der Waals surface area contributed by atoms with E-state index < -0.39 is 0 Å². The van der Waals surface area contributed by atoms with Gasteiger partial charge in [0.15, 0.2) is 0 Å². The number of likely N-dealkylation sites (tertiary alicyclic amines) is 2. The van der Waals surface area contributed by atoms with Crippen molar-refractivity contribution in [2.24, 2.45) is 0 Å². The van der Waals surface area contributed by atoms with Crippen LogP contribution in [0.25, 0.3) is 0 Å². The number of fused-ring (bicyclic) bond motifs is 1. The Morgan fingerprint density at radius 2 is 1.74 bits per heavy atom. The second-order valence-corrected chi connectivity index (χ2v) is 10.5. The van der Waals surface area contributed by atoms with E-state index in [2.05, 4.69) is 10.3 Å². The minimum Gasteiger partial charge on any atom is -0.325 e. The molecule has 0 bridgehead atoms. The lowest BCUT2D eigenvalue weighted by molar-refractivity contribution is 0.0961. The topological polar surface area (TPSA) is 116 Å². The molecular formula is C29H39N7O2. The Kier molecular flexibility index (Phi) is 8.76. The lowest BCUT2D eigenvalue weighted by Crippen LogP contribution is -2.47. The summed E-state index contributed by atoms with van der Waals surface area (Å²) in [4.78, 5) is 36.1. The molecule has 0 atom stereocenters. The number of nitrogens with one attached hydrogen (secondary N) is 3. The lowest BCUT2D eigenvalue weighted by atomic mass is 10.0. The van der Waals surface area contributed by atoms with Crippen molar-refractivity contribution in [3.05, 3.63) is 64.2 Å². The number of nitrogens with zero attached hydrogens (tertiary/aromatic N) is 4. The molecule has 0 aliphatic carbocycles. The van der Waals surface area contributed by atoms with Crippen LogP contribution in [-0.4, -0.2) is 69.5 Å². The van der Waals surface area contributed by atoms with Crippen LogP contribution in [0.3, 0.4) is 0 Å². The summed E-state index contributed by atoms with van der Waals surface area (Å²) in [5.41, 5.74) is 4.74. The molecule has 202 valence electrons. The van der Waals surface area contributed by atoms with Crippen LogP contribution in [0.15, 0.2) is 47.3 Å². The van der Waals surface area contributed by atoms with Gasteiger partial charge in [-0.15, -0.1) is 0 Å². The molecular weight excluding hydrogens is 478 g/mol. The maximum Gasteiger partial charge on any atom is 0.320 e. The van der Waals surface area contributed by atoms with Crippen LogP contribution in [0.2, 0.25) is 0 Å². The van der Waals surface area contributed by atoms with Crippen LogP contribution in [0.1, 0.15) is 74.5 Å². The van der Waals surface area contributed by atoms with Crippen molar-refractivity contribution < 1.29 is 9.59 Å². The zero-order valence-corrected chi connectivity index (χ0v) is 22.8. The fourth-order valence-electron chi connectivity index (χ4n) is 5.03. The second-order valence-electron chi connectivity index (χ2n) is 10.5. The number of allylic oxidation sites excluding steroid dienone is 4. The lowest BCUT2D eigenvalue weighted by Gasteiger charge is -2.35. The molecule has 0 radical (unpaired) electrons. The predicted molar refractivity (Wildman–Crippen MR) is 149 cm³/mol. The Labute approximate surface area is 225 Å². The summed E-state index contributed by atoms with van der Waals surface area (Å²) in [5.74, 6) is 0.526. The highest BCUT2D eigenvalue weighted by Crippen LogP contribution is 2.22. The Morgan fingerprint density at radius 1 is 0.974 bits per heavy atom. The van der Waals surface area contributed by atoms with Crippen LogP contribution in [0.5, 0.6) is 0 Å². The summed E-state index contributed by atoms with van der Waals surface area (Å²) < 4.78 is 0. The number of amidine groups is 2. The Morgan fingerprint density at radius 3 is 2.42 bits per heavy atom. The Hall–Kier alpha value is -3.75. The molecule has 4 heterocycles. The van der Waals surface area contributed by atoms with Gasteiger partial charge in [-0.1, -0.05) is 17.7 Å². The number of aromatic nitrogens is 1. The van der Waals surface area contributed by atoms with Gasteiger partial charge in [0.05, 0.1) is 0 Å². The van der Waals surface area contributed by atoms with E-state index in [0.29, 0.717) is 49.1 Å². The molecule has 3 amide bonds. The molecule has 2 saturated heterocycles. The van der Waals surface area contributed by atoms with Gasteiger partial charge in [0.1, 0.15) is 17.4 Å². The monoisotopic (exact) mass is 517 g/mol. The molecule has 3 aliphatic heterocycles. The van der Waals surface area contributed by atoms with Crippen LogP contribution in [0, 0.1) is 10.8 Å². The molecule has 9 nitrogen and oxygen atoms in total. The molecule has 38 heavy (non-hydrogen) atoms. The fraction of sp³-hybridized carbons (Fsp3) is 0.483. The van der Waals surface area contributed by atoms with E-state index >= 15 is 0 Å². The number of rotatable bonds is 5. The first-order valence-electron chi connectivity index (χ1n) is 13.5. The van der Waals surface area contributed by atoms with Crippen molar-refractivity contribution in [3.63, 3.8) is 0 Å². The van der Waals surface area contributed by atoms with Gasteiger partial charge in [-0.2, -0.15) is 0 Å². The first kappa shape index (κ1) is 27.3. The van der Waals surface area contributed by atoms with Gasteiger partial charge in [-0.3, -0.25) is 20.6 Å². The largest absolute Gasteiger partial charge is 0.325 e. The summed E-state index contributed by atoms with van der Waals surface area (Å²) in [6, 6.07) is 1.90. The number of amides is 3. The summed E-state index contributed by atoms with van der Waals surface area (Å²) in [6.45, 7) is 9.23. The highest BCUT2D eigenvalue weighted by atomic mass is 16.2. The van der Waals surface area contributed by atoms with Crippen LogP contribution in [-0.2, 0) is 13.0 Å². The minimum absolute atomic E-state index is 0.0909. The van der Waals surface area contributed by atoms with E-state index in [1.54, 1.807) is 11.1 Å². The van der Waals surface area contributed by atoms with Crippen molar-refractivity contribution in [2.75, 3.05) is 26.2 Å². The molecule has 0 saturated carbocycles. The van der Waals surface area contributed by atoms with Gasteiger partial charge in [0.2, 0.25) is 0 Å². The molecule has 0 unspecified atom stereocenters. The second kappa shape index (κ2) is 12.2. The van der Waals surface area contributed by atoms with Gasteiger partial charge in [0.25, 0.3) is 5.91 Å². The van der Waals surface area contributed by atoms with Crippen LogP contribution in [0.4, 0.5) is 4.79 Å². The van der Waals surface area contributed by atoms with E-state index in [1.807, 2.05) is 54.9 Å². The van der Waals surface area contributed by atoms with E-state index in [0.717, 1.165) is 61.0 Å². The molecule has 1 aromatic heterocycles. The summed E-state index contributed by atoms with van der Waals surface area (Å²) in [7, 11) is 0. The van der Waals surface area contributed by atoms with Gasteiger partial charge in [-0.05, 0) is 81.7 Å². The maximum atomic E-state index is 13.1. The normalized spacial score (nSPS) is 18.0. The average Bonchev–Trinajstić information content (AvgIpc) is 3.36. The van der Waals surface area contributed by atoms with Gasteiger partial charge < -0.3 is 20.0 Å². The van der Waals surface area contributed by atoms with Crippen LogP contribution < -0.4 is 5.32 Å². The zero-order chi connectivity index (χ0) is 27.2. The number of pyridine rings is 1. The average molecular weight is 518 g/mol. The predicted octanol–water partition coefficient (Wildman–Crippen LogP) is 4.62. The number of carbonyl (C=O) groups excluding carboxylic acids is 2. The molecule has 2 fully saturated rings. The number of urea groups is 1. The standard InChI is InChI=1S/C29H39N7O2/c1-20(2)24(10-7-9-21(3)27(31)36-15-8-11-26(36)30)33-28(37)25-17-23-19-35(16-12-22(23)18-32-25)29(38)34-13-5-4-6-14-34/h7,9-10,17-18,30-31H,4-6,8,11-16,19H2,1-3H3,(H,33,37)/b10-7-,21-9+,30-26?,31-27?. The third-order valence-electron chi connectivity index (χ3n) is 7.39. The van der Waals surface area contributed by atoms with Gasteiger partial charge in [-0.25, -0.2) is 4.79 Å². The summed E-state index contributed by atoms with van der Waals surface area (Å²) in [6.07, 6.45) is 12.9. The first-order chi connectivity index (χ1) is 18.2. The molecule has 1 aromatic rings. The molecule has 9 heteroatoms. The van der Waals surface area contributed by atoms with E-state index in [9.17, 15) is 9.59 Å². The van der Waals surface area contributed by atoms with E-state index in [4.69, 9.17) is 10.8 Å². The molecule has 3 aliphatic rings. The SMILES string of the molecule is CC(C)=C(/C=C\C=C(/C)C(=N)N1CCCC1=N)NC(=O)c1cc2c(cn1)CCN(C(=O)N1CCCCC1)C2. The number of hydrogen-bond donors (Lipinski definition) is 3. The van der Waals surface area contributed by atoms with E-state index in [1.165, 1.54) is 6.42 Å². The van der Waals surface area contributed by atoms with Crippen molar-refractivity contribution in [3.8, 4) is 0 Å². The number of hydrogen-bond acceptors (Lipinski definition) is 5. The summed E-state index contributed by atoms with van der Waals surface area (Å²) >= 11 is 0. The van der Waals surface area contributed by atoms with Crippen molar-refractivity contribution in [2.45, 2.75) is 65.8 Å². The molecule has 0 aromatic carbocycles. The number of carbonyl (C=O) groups is 2. The Balaban J connectivity index is 1.40. The third kappa shape index (κ3) is 6.38. The van der Waals surface area contributed by atoms with E-state index in [-0.39, 0.29) is 11.9 Å². The Bertz CT molecular complexity index is 1200.